The van der Waals surface area contributed by atoms with Gasteiger partial charge in [-0.2, -0.15) is 0 Å². The van der Waals surface area contributed by atoms with Crippen LogP contribution in [-0.2, 0) is 0 Å². The number of hydrogen-bond donors (Lipinski definition) is 1. The van der Waals surface area contributed by atoms with Crippen LogP contribution in [0.2, 0.25) is 0 Å². The molecule has 0 bridgehead atoms. The molecule has 2 aliphatic rings. The average Bonchev–Trinajstić information content (AvgIpc) is 3.32. The third-order valence-corrected chi connectivity index (χ3v) is 8.35. The van der Waals surface area contributed by atoms with Crippen molar-refractivity contribution >= 4 is 45.5 Å². The molecule has 6 rings (SSSR count). The third kappa shape index (κ3) is 4.30. The molecule has 2 fully saturated rings. The third-order valence-electron chi connectivity index (χ3n) is 6.50. The van der Waals surface area contributed by atoms with Crippen LogP contribution in [0.4, 0.5) is 21.3 Å². The van der Waals surface area contributed by atoms with Crippen molar-refractivity contribution in [1.82, 2.24) is 29.8 Å². The number of amides is 1. The fourth-order valence-electron chi connectivity index (χ4n) is 4.57. The number of aromatic nitrogens is 5. The molecule has 12 heteroatoms. The van der Waals surface area contributed by atoms with Crippen molar-refractivity contribution in [3.63, 3.8) is 0 Å². The van der Waals surface area contributed by atoms with Crippen molar-refractivity contribution in [2.24, 2.45) is 0 Å². The van der Waals surface area contributed by atoms with Gasteiger partial charge in [-0.25, -0.2) is 29.3 Å². The highest BCUT2D eigenvalue weighted by molar-refractivity contribution is 7.16. The van der Waals surface area contributed by atoms with Crippen molar-refractivity contribution in [2.75, 3.05) is 29.9 Å². The minimum atomic E-state index is -0.459. The van der Waals surface area contributed by atoms with Crippen molar-refractivity contribution in [1.29, 1.82) is 0 Å². The minimum Gasteiger partial charge on any atom is -0.337 e. The molecule has 1 spiro atoms. The molecule has 1 amide bonds. The molecule has 1 saturated carbocycles. The number of carbonyl (C=O) groups is 1. The van der Waals surface area contributed by atoms with E-state index in [0.29, 0.717) is 37.0 Å². The standard InChI is InChI=1S/C24H23FN8OS2/c1-14-20(36-15(2)29-14)18-12-35-23(30-18)31-19-4-3-16(9-26-19)21(34)33-8-7-32(13-24(33)5-6-24)22-27-10-17(25)11-28-22/h3-4,9-12H,5-8,13H2,1-2H3,(H,26,30,31). The van der Waals surface area contributed by atoms with E-state index in [4.69, 9.17) is 0 Å². The molecule has 184 valence electrons. The van der Waals surface area contributed by atoms with Gasteiger partial charge in [-0.1, -0.05) is 0 Å². The van der Waals surface area contributed by atoms with Crippen molar-refractivity contribution in [2.45, 2.75) is 32.2 Å². The van der Waals surface area contributed by atoms with Crippen LogP contribution in [0.1, 0.15) is 33.9 Å². The zero-order valence-electron chi connectivity index (χ0n) is 19.7. The fourth-order valence-corrected chi connectivity index (χ4v) is 6.23. The maximum Gasteiger partial charge on any atom is 0.256 e. The predicted molar refractivity (Wildman–Crippen MR) is 137 cm³/mol. The number of hydrogen-bond acceptors (Lipinski definition) is 10. The lowest BCUT2D eigenvalue weighted by Crippen LogP contribution is -2.57. The van der Waals surface area contributed by atoms with Gasteiger partial charge in [0.25, 0.3) is 5.91 Å². The highest BCUT2D eigenvalue weighted by atomic mass is 32.1. The number of nitrogens with one attached hydrogen (secondary N) is 1. The maximum absolute atomic E-state index is 13.4. The van der Waals surface area contributed by atoms with Crippen LogP contribution in [0, 0.1) is 19.7 Å². The Hall–Kier alpha value is -3.51. The summed E-state index contributed by atoms with van der Waals surface area (Å²) in [6.07, 6.45) is 5.81. The molecular formula is C24H23FN8OS2. The van der Waals surface area contributed by atoms with Crippen LogP contribution < -0.4 is 10.2 Å². The number of carbonyl (C=O) groups excluding carboxylic acids is 1. The maximum atomic E-state index is 13.4. The Labute approximate surface area is 215 Å². The van der Waals surface area contributed by atoms with Gasteiger partial charge in [0.2, 0.25) is 5.95 Å². The number of rotatable bonds is 5. The molecule has 4 aromatic rings. The summed E-state index contributed by atoms with van der Waals surface area (Å²) in [6, 6.07) is 3.60. The summed E-state index contributed by atoms with van der Waals surface area (Å²) in [4.78, 5) is 40.2. The smallest absolute Gasteiger partial charge is 0.256 e. The Bertz CT molecular complexity index is 1410. The Balaban J connectivity index is 1.12. The van der Waals surface area contributed by atoms with E-state index in [-0.39, 0.29) is 11.4 Å². The highest BCUT2D eigenvalue weighted by Gasteiger charge is 2.53. The number of piperazine rings is 1. The first-order valence-corrected chi connectivity index (χ1v) is 13.3. The van der Waals surface area contributed by atoms with Gasteiger partial charge in [-0.05, 0) is 38.8 Å². The highest BCUT2D eigenvalue weighted by Crippen LogP contribution is 2.45. The van der Waals surface area contributed by atoms with Crippen LogP contribution in [0.25, 0.3) is 10.6 Å². The zero-order valence-corrected chi connectivity index (χ0v) is 21.4. The first kappa shape index (κ1) is 22.9. The summed E-state index contributed by atoms with van der Waals surface area (Å²) in [6.45, 7) is 5.77. The summed E-state index contributed by atoms with van der Waals surface area (Å²) >= 11 is 3.14. The van der Waals surface area contributed by atoms with E-state index in [0.717, 1.165) is 39.2 Å². The number of thiazole rings is 2. The number of aryl methyl sites for hydroxylation is 2. The van der Waals surface area contributed by atoms with Crippen LogP contribution in [0.15, 0.2) is 36.1 Å². The molecule has 1 aliphatic heterocycles. The van der Waals surface area contributed by atoms with E-state index in [1.54, 1.807) is 29.7 Å². The van der Waals surface area contributed by atoms with Crippen LogP contribution >= 0.6 is 22.7 Å². The largest absolute Gasteiger partial charge is 0.337 e. The number of nitrogens with zero attached hydrogens (tertiary/aromatic N) is 7. The molecule has 9 nitrogen and oxygen atoms in total. The minimum absolute atomic E-state index is 0.0289. The molecule has 0 atom stereocenters. The molecule has 36 heavy (non-hydrogen) atoms. The van der Waals surface area contributed by atoms with Crippen molar-refractivity contribution in [3.05, 3.63) is 58.2 Å². The summed E-state index contributed by atoms with van der Waals surface area (Å²) in [5, 5.41) is 6.99. The second-order valence-electron chi connectivity index (χ2n) is 9.05. The quantitative estimate of drug-likeness (QED) is 0.411. The molecule has 1 saturated heterocycles. The van der Waals surface area contributed by atoms with Gasteiger partial charge >= 0.3 is 0 Å². The van der Waals surface area contributed by atoms with E-state index < -0.39 is 5.82 Å². The molecule has 0 aromatic carbocycles. The molecule has 5 heterocycles. The lowest BCUT2D eigenvalue weighted by atomic mass is 10.1. The average molecular weight is 523 g/mol. The molecule has 0 unspecified atom stereocenters. The van der Waals surface area contributed by atoms with Gasteiger partial charge in [0.15, 0.2) is 10.9 Å². The Morgan fingerprint density at radius 3 is 2.56 bits per heavy atom. The predicted octanol–water partition coefficient (Wildman–Crippen LogP) is 4.45. The summed E-state index contributed by atoms with van der Waals surface area (Å²) in [7, 11) is 0. The van der Waals surface area contributed by atoms with Crippen LogP contribution in [0.5, 0.6) is 0 Å². The topological polar surface area (TPSA) is 100 Å². The Morgan fingerprint density at radius 1 is 1.08 bits per heavy atom. The van der Waals surface area contributed by atoms with Gasteiger partial charge in [-0.15, -0.1) is 22.7 Å². The second kappa shape index (κ2) is 8.86. The normalized spacial score (nSPS) is 16.4. The number of anilines is 3. The van der Waals surface area contributed by atoms with Crippen molar-refractivity contribution in [3.8, 4) is 10.6 Å². The molecule has 1 N–H and O–H groups in total. The summed E-state index contributed by atoms with van der Waals surface area (Å²) < 4.78 is 13.2. The number of halogens is 1. The van der Waals surface area contributed by atoms with E-state index in [1.165, 1.54) is 23.7 Å². The Morgan fingerprint density at radius 2 is 1.89 bits per heavy atom. The second-order valence-corrected chi connectivity index (χ2v) is 11.1. The van der Waals surface area contributed by atoms with E-state index in [9.17, 15) is 9.18 Å². The monoisotopic (exact) mass is 522 g/mol. The Kier molecular flexibility index (Phi) is 5.64. The van der Waals surface area contributed by atoms with Gasteiger partial charge < -0.3 is 15.1 Å². The molecule has 0 radical (unpaired) electrons. The van der Waals surface area contributed by atoms with Crippen molar-refractivity contribution < 1.29 is 9.18 Å². The summed E-state index contributed by atoms with van der Waals surface area (Å²) in [5.74, 6) is 0.639. The van der Waals surface area contributed by atoms with Gasteiger partial charge in [0.05, 0.1) is 44.8 Å². The zero-order chi connectivity index (χ0) is 24.9. The first-order valence-electron chi connectivity index (χ1n) is 11.6. The lowest BCUT2D eigenvalue weighted by molar-refractivity contribution is 0.0623. The molecular weight excluding hydrogens is 499 g/mol. The first-order chi connectivity index (χ1) is 17.4. The summed E-state index contributed by atoms with van der Waals surface area (Å²) in [5.41, 5.74) is 2.20. The van der Waals surface area contributed by atoms with Crippen LogP contribution in [-0.4, -0.2) is 60.9 Å². The van der Waals surface area contributed by atoms with Gasteiger partial charge in [0.1, 0.15) is 5.82 Å². The van der Waals surface area contributed by atoms with Crippen LogP contribution in [0.3, 0.4) is 0 Å². The van der Waals surface area contributed by atoms with E-state index >= 15 is 0 Å². The van der Waals surface area contributed by atoms with Gasteiger partial charge in [0, 0.05) is 31.2 Å². The molecule has 4 aromatic heterocycles. The van der Waals surface area contributed by atoms with E-state index in [1.807, 2.05) is 29.0 Å². The molecule has 1 aliphatic carbocycles. The van der Waals surface area contributed by atoms with E-state index in [2.05, 4.69) is 30.2 Å². The lowest BCUT2D eigenvalue weighted by Gasteiger charge is -2.42. The SMILES string of the molecule is Cc1nc(C)c(-c2csc(Nc3ccc(C(=O)N4CCN(c5ncc(F)cn5)CC45CC5)cn3)n2)s1. The fraction of sp³-hybridized carbons (Fsp3) is 0.333. The number of pyridine rings is 1. The van der Waals surface area contributed by atoms with Gasteiger partial charge in [-0.3, -0.25) is 4.79 Å².